The number of hydrogen-bond donors (Lipinski definition) is 0. The third-order valence-electron chi connectivity index (χ3n) is 3.71. The van der Waals surface area contributed by atoms with Crippen LogP contribution in [0.1, 0.15) is 11.5 Å². The molecule has 0 radical (unpaired) electrons. The zero-order valence-corrected chi connectivity index (χ0v) is 14.5. The fraction of sp³-hybridized carbons (Fsp3) is 0.111. The molecule has 130 valence electrons. The van der Waals surface area contributed by atoms with Gasteiger partial charge in [0.1, 0.15) is 22.9 Å². The molecule has 0 aliphatic carbocycles. The Balaban J connectivity index is 1.54. The van der Waals surface area contributed by atoms with E-state index in [-0.39, 0.29) is 5.82 Å². The van der Waals surface area contributed by atoms with Crippen molar-refractivity contribution in [3.8, 4) is 5.75 Å². The second-order valence-corrected chi connectivity index (χ2v) is 6.37. The maximum atomic E-state index is 13.5. The molecule has 4 aromatic rings. The lowest BCUT2D eigenvalue weighted by atomic mass is 10.1. The average Bonchev–Trinajstić information content (AvgIpc) is 3.10. The Kier molecular flexibility index (Phi) is 4.49. The lowest BCUT2D eigenvalue weighted by molar-refractivity contribution is 0.413. The number of methoxy groups -OCH3 is 1. The van der Waals surface area contributed by atoms with Gasteiger partial charge >= 0.3 is 0 Å². The second-order valence-electron chi connectivity index (χ2n) is 5.43. The molecule has 0 unspecified atom stereocenters. The van der Waals surface area contributed by atoms with Gasteiger partial charge in [-0.1, -0.05) is 12.1 Å². The molecule has 2 aromatic heterocycles. The molecule has 26 heavy (non-hydrogen) atoms. The molecule has 0 spiro atoms. The van der Waals surface area contributed by atoms with Crippen molar-refractivity contribution in [1.82, 2.24) is 20.2 Å². The maximum absolute atomic E-state index is 13.5. The van der Waals surface area contributed by atoms with Crippen LogP contribution in [0.3, 0.4) is 0 Å². The molecule has 6 nitrogen and oxygen atoms in total. The molecule has 2 aromatic carbocycles. The van der Waals surface area contributed by atoms with E-state index in [0.29, 0.717) is 33.5 Å². The number of aromatic nitrogens is 4. The highest BCUT2D eigenvalue weighted by molar-refractivity contribution is 7.99. The van der Waals surface area contributed by atoms with Crippen LogP contribution in [0.4, 0.5) is 4.39 Å². The number of ether oxygens (including phenoxy) is 1. The van der Waals surface area contributed by atoms with Gasteiger partial charge in [0.25, 0.3) is 5.22 Å². The van der Waals surface area contributed by atoms with E-state index in [1.54, 1.807) is 13.2 Å². The summed E-state index contributed by atoms with van der Waals surface area (Å²) in [4.78, 5) is 8.33. The molecule has 0 bridgehead atoms. The summed E-state index contributed by atoms with van der Waals surface area (Å²) in [7, 11) is 1.62. The fourth-order valence-electron chi connectivity index (χ4n) is 2.44. The van der Waals surface area contributed by atoms with Crippen LogP contribution in [-0.4, -0.2) is 27.3 Å². The number of fused-ring (bicyclic) bond motifs is 1. The zero-order chi connectivity index (χ0) is 17.9. The summed E-state index contributed by atoms with van der Waals surface area (Å²) in [6.45, 7) is 0. The van der Waals surface area contributed by atoms with Crippen molar-refractivity contribution < 1.29 is 13.5 Å². The molecular formula is C18H13FN4O2S. The molecule has 0 amide bonds. The van der Waals surface area contributed by atoms with Gasteiger partial charge in [0, 0.05) is 5.39 Å². The number of benzene rings is 2. The molecule has 0 fully saturated rings. The molecule has 0 N–H and O–H groups in total. The van der Waals surface area contributed by atoms with Crippen LogP contribution in [0.2, 0.25) is 0 Å². The van der Waals surface area contributed by atoms with Crippen molar-refractivity contribution >= 4 is 22.7 Å². The van der Waals surface area contributed by atoms with Crippen LogP contribution in [0, 0.1) is 5.82 Å². The lowest BCUT2D eigenvalue weighted by Gasteiger charge is -2.02. The van der Waals surface area contributed by atoms with Crippen LogP contribution in [0.15, 0.2) is 63.5 Å². The maximum Gasteiger partial charge on any atom is 0.282 e. The predicted octanol–water partition coefficient (Wildman–Crippen LogP) is 3.90. The molecule has 0 saturated heterocycles. The first-order chi connectivity index (χ1) is 12.7. The minimum Gasteiger partial charge on any atom is -0.497 e. The van der Waals surface area contributed by atoms with Crippen LogP contribution in [0.5, 0.6) is 5.75 Å². The summed E-state index contributed by atoms with van der Waals surface area (Å²) < 4.78 is 24.4. The predicted molar refractivity (Wildman–Crippen MR) is 93.7 cm³/mol. The molecule has 0 aliphatic rings. The van der Waals surface area contributed by atoms with E-state index in [9.17, 15) is 4.39 Å². The van der Waals surface area contributed by atoms with Crippen LogP contribution in [-0.2, 0) is 6.42 Å². The summed E-state index contributed by atoms with van der Waals surface area (Å²) >= 11 is 1.19. The fourth-order valence-corrected chi connectivity index (χ4v) is 3.20. The van der Waals surface area contributed by atoms with Gasteiger partial charge in [-0.05, 0) is 47.7 Å². The second kappa shape index (κ2) is 7.09. The summed E-state index contributed by atoms with van der Waals surface area (Å²) in [6.07, 6.45) is 1.94. The number of nitrogens with zero attached hydrogens (tertiary/aromatic N) is 4. The highest BCUT2D eigenvalue weighted by Gasteiger charge is 2.13. The monoisotopic (exact) mass is 368 g/mol. The van der Waals surface area contributed by atoms with Gasteiger partial charge < -0.3 is 9.15 Å². The van der Waals surface area contributed by atoms with Crippen LogP contribution >= 0.6 is 11.8 Å². The van der Waals surface area contributed by atoms with Crippen LogP contribution in [0.25, 0.3) is 10.9 Å². The normalized spacial score (nSPS) is 11.0. The van der Waals surface area contributed by atoms with Crippen molar-refractivity contribution in [2.45, 2.75) is 16.7 Å². The minimum absolute atomic E-state index is 0.345. The first kappa shape index (κ1) is 16.5. The summed E-state index contributed by atoms with van der Waals surface area (Å²) in [6, 6.07) is 12.0. The Morgan fingerprint density at radius 2 is 1.92 bits per heavy atom. The van der Waals surface area contributed by atoms with Gasteiger partial charge in [-0.2, -0.15) is 0 Å². The SMILES string of the molecule is COc1ccc(Cc2nnc(Sc3ncnc4ccc(F)cc34)o2)cc1. The first-order valence-electron chi connectivity index (χ1n) is 7.75. The largest absolute Gasteiger partial charge is 0.497 e. The standard InChI is InChI=1S/C18H13FN4O2S/c1-24-13-5-2-11(3-6-13)8-16-22-23-18(25-16)26-17-14-9-12(19)4-7-15(14)20-10-21-17/h2-7,9-10H,8H2,1H3. The Labute approximate surface area is 152 Å². The highest BCUT2D eigenvalue weighted by atomic mass is 32.2. The Morgan fingerprint density at radius 1 is 1.08 bits per heavy atom. The molecule has 2 heterocycles. The van der Waals surface area contributed by atoms with Crippen molar-refractivity contribution in [3.63, 3.8) is 0 Å². The minimum atomic E-state index is -0.347. The number of hydrogen-bond acceptors (Lipinski definition) is 7. The van der Waals surface area contributed by atoms with Gasteiger partial charge in [-0.25, -0.2) is 14.4 Å². The molecule has 0 aliphatic heterocycles. The Hall–Kier alpha value is -3.00. The zero-order valence-electron chi connectivity index (χ0n) is 13.7. The summed E-state index contributed by atoms with van der Waals surface area (Å²) in [5.74, 6) is 0.931. The van der Waals surface area contributed by atoms with E-state index in [4.69, 9.17) is 9.15 Å². The summed E-state index contributed by atoms with van der Waals surface area (Å²) in [5.41, 5.74) is 1.68. The Bertz CT molecular complexity index is 1050. The van der Waals surface area contributed by atoms with Gasteiger partial charge in [0.05, 0.1) is 19.0 Å². The lowest BCUT2D eigenvalue weighted by Crippen LogP contribution is -1.89. The van der Waals surface area contributed by atoms with E-state index < -0.39 is 0 Å². The molecule has 0 saturated carbocycles. The third-order valence-corrected chi connectivity index (χ3v) is 4.57. The summed E-state index contributed by atoms with van der Waals surface area (Å²) in [5, 5.41) is 9.61. The Morgan fingerprint density at radius 3 is 2.73 bits per heavy atom. The van der Waals surface area contributed by atoms with E-state index >= 15 is 0 Å². The number of halogens is 1. The van der Waals surface area contributed by atoms with Crippen molar-refractivity contribution in [2.75, 3.05) is 7.11 Å². The van der Waals surface area contributed by atoms with Gasteiger partial charge in [0.15, 0.2) is 0 Å². The molecule has 4 rings (SSSR count). The number of rotatable bonds is 5. The van der Waals surface area contributed by atoms with Crippen molar-refractivity contribution in [3.05, 3.63) is 66.1 Å². The molecular weight excluding hydrogens is 355 g/mol. The third kappa shape index (κ3) is 3.50. The van der Waals surface area contributed by atoms with Gasteiger partial charge in [-0.15, -0.1) is 10.2 Å². The van der Waals surface area contributed by atoms with Crippen molar-refractivity contribution in [1.29, 1.82) is 0 Å². The van der Waals surface area contributed by atoms with E-state index in [0.717, 1.165) is 11.3 Å². The van der Waals surface area contributed by atoms with Crippen molar-refractivity contribution in [2.24, 2.45) is 0 Å². The van der Waals surface area contributed by atoms with Gasteiger partial charge in [-0.3, -0.25) is 0 Å². The smallest absolute Gasteiger partial charge is 0.282 e. The van der Waals surface area contributed by atoms with E-state index in [1.165, 1.54) is 30.2 Å². The van der Waals surface area contributed by atoms with Crippen LogP contribution < -0.4 is 4.74 Å². The molecule has 8 heteroatoms. The van der Waals surface area contributed by atoms with Gasteiger partial charge in [0.2, 0.25) is 5.89 Å². The first-order valence-corrected chi connectivity index (χ1v) is 8.56. The van der Waals surface area contributed by atoms with E-state index in [2.05, 4.69) is 20.2 Å². The topological polar surface area (TPSA) is 73.9 Å². The molecule has 0 atom stereocenters. The van der Waals surface area contributed by atoms with E-state index in [1.807, 2.05) is 24.3 Å². The highest BCUT2D eigenvalue weighted by Crippen LogP contribution is 2.30. The quantitative estimate of drug-likeness (QED) is 0.495. The average molecular weight is 368 g/mol.